The summed E-state index contributed by atoms with van der Waals surface area (Å²) in [4.78, 5) is 37.8. The highest BCUT2D eigenvalue weighted by Gasteiger charge is 2.35. The molecule has 1 amide bonds. The Bertz CT molecular complexity index is 1490. The normalized spacial score (nSPS) is 20.8. The molecule has 2 aromatic carbocycles. The molecule has 0 saturated carbocycles. The van der Waals surface area contributed by atoms with E-state index in [1.807, 2.05) is 0 Å². The Morgan fingerprint density at radius 1 is 1.05 bits per heavy atom. The number of anilines is 3. The fourth-order valence-corrected chi connectivity index (χ4v) is 6.55. The number of amides is 1. The number of nitrogens with zero attached hydrogens (tertiary/aromatic N) is 8. The molecule has 0 N–H and O–H groups in total. The van der Waals surface area contributed by atoms with Crippen LogP contribution in [0.1, 0.15) is 17.7 Å². The third-order valence-electron chi connectivity index (χ3n) is 8.86. The van der Waals surface area contributed by atoms with Gasteiger partial charge in [-0.1, -0.05) is 43.0 Å². The summed E-state index contributed by atoms with van der Waals surface area (Å²) in [6.45, 7) is 16.7. The number of benzene rings is 2. The summed E-state index contributed by atoms with van der Waals surface area (Å²) >= 11 is 0. The maximum atomic E-state index is 12.6. The molecule has 9 heteroatoms. The lowest BCUT2D eigenvalue weighted by atomic mass is 10.0. The molecule has 41 heavy (non-hydrogen) atoms. The Labute approximate surface area is 242 Å². The Balaban J connectivity index is 1.37. The van der Waals surface area contributed by atoms with Gasteiger partial charge in [-0.2, -0.15) is 4.98 Å². The molecule has 212 valence electrons. The molecule has 1 aromatic heterocycles. The van der Waals surface area contributed by atoms with Crippen LogP contribution in [-0.4, -0.2) is 97.7 Å². The summed E-state index contributed by atoms with van der Waals surface area (Å²) < 4.78 is 0. The molecule has 2 fully saturated rings. The third kappa shape index (κ3) is 5.20. The van der Waals surface area contributed by atoms with Crippen molar-refractivity contribution in [1.82, 2.24) is 19.8 Å². The predicted octanol–water partition coefficient (Wildman–Crippen LogP) is 3.46. The largest absolute Gasteiger partial charge is 0.365 e. The van der Waals surface area contributed by atoms with Crippen LogP contribution in [0, 0.1) is 6.57 Å². The Kier molecular flexibility index (Phi) is 7.50. The number of likely N-dealkylation sites (N-methyl/N-ethyl adjacent to an activating group) is 1. The zero-order valence-electron chi connectivity index (χ0n) is 24.0. The summed E-state index contributed by atoms with van der Waals surface area (Å²) in [5, 5.41) is 2.50. The van der Waals surface area contributed by atoms with Crippen molar-refractivity contribution in [3.8, 4) is 0 Å². The molecule has 0 aliphatic carbocycles. The topological polar surface area (TPSA) is 63.4 Å². The molecule has 0 bridgehead atoms. The van der Waals surface area contributed by atoms with Crippen molar-refractivity contribution >= 4 is 34.1 Å². The van der Waals surface area contributed by atoms with E-state index in [-0.39, 0.29) is 18.5 Å². The SMILES string of the molecule is [C-]#[N+]C[C@H]1CN(c2nc(N3CC[C@H](N(C)C)C3)nc3c2CCN(c2cccc4ccccc24)C3)CCN1C(=O)C=C. The molecule has 2 atom stereocenters. The van der Waals surface area contributed by atoms with Gasteiger partial charge in [0.15, 0.2) is 0 Å². The molecule has 6 rings (SSSR count). The summed E-state index contributed by atoms with van der Waals surface area (Å²) in [5.41, 5.74) is 3.50. The minimum absolute atomic E-state index is 0.110. The first-order valence-electron chi connectivity index (χ1n) is 14.5. The van der Waals surface area contributed by atoms with E-state index in [1.54, 1.807) is 4.90 Å². The average molecular weight is 551 g/mol. The minimum Gasteiger partial charge on any atom is -0.365 e. The summed E-state index contributed by atoms with van der Waals surface area (Å²) in [6.07, 6.45) is 3.28. The number of fused-ring (bicyclic) bond motifs is 2. The quantitative estimate of drug-likeness (QED) is 0.344. The van der Waals surface area contributed by atoms with Gasteiger partial charge in [0.05, 0.1) is 12.2 Å². The van der Waals surface area contributed by atoms with Crippen LogP contribution < -0.4 is 14.7 Å². The lowest BCUT2D eigenvalue weighted by Crippen LogP contribution is -2.56. The smallest absolute Gasteiger partial charge is 0.246 e. The Hall–Kier alpha value is -4.16. The molecular formula is C32H38N8O. The summed E-state index contributed by atoms with van der Waals surface area (Å²) in [7, 11) is 4.27. The fraction of sp³-hybridized carbons (Fsp3) is 0.438. The fourth-order valence-electron chi connectivity index (χ4n) is 6.55. The zero-order valence-corrected chi connectivity index (χ0v) is 24.0. The van der Waals surface area contributed by atoms with Crippen molar-refractivity contribution in [3.05, 3.63) is 77.8 Å². The second-order valence-electron chi connectivity index (χ2n) is 11.5. The first kappa shape index (κ1) is 27.0. The maximum Gasteiger partial charge on any atom is 0.246 e. The lowest BCUT2D eigenvalue weighted by molar-refractivity contribution is -0.128. The number of carbonyl (C=O) groups is 1. The van der Waals surface area contributed by atoms with Crippen molar-refractivity contribution in [2.24, 2.45) is 0 Å². The monoisotopic (exact) mass is 550 g/mol. The number of rotatable bonds is 6. The number of hydrogen-bond donors (Lipinski definition) is 0. The molecule has 0 radical (unpaired) electrons. The number of aromatic nitrogens is 2. The second-order valence-corrected chi connectivity index (χ2v) is 11.5. The molecule has 3 aliphatic rings. The van der Waals surface area contributed by atoms with Crippen LogP contribution in [0.4, 0.5) is 17.5 Å². The maximum absolute atomic E-state index is 12.6. The molecule has 3 aromatic rings. The zero-order chi connectivity index (χ0) is 28.5. The molecule has 2 saturated heterocycles. The van der Waals surface area contributed by atoms with Crippen molar-refractivity contribution in [2.45, 2.75) is 31.5 Å². The first-order chi connectivity index (χ1) is 20.0. The van der Waals surface area contributed by atoms with Gasteiger partial charge in [-0.25, -0.2) is 11.6 Å². The van der Waals surface area contributed by atoms with Crippen molar-refractivity contribution in [2.75, 3.05) is 74.6 Å². The van der Waals surface area contributed by atoms with Gasteiger partial charge < -0.3 is 29.3 Å². The van der Waals surface area contributed by atoms with E-state index in [9.17, 15) is 4.79 Å². The summed E-state index contributed by atoms with van der Waals surface area (Å²) in [5.74, 6) is 1.65. The summed E-state index contributed by atoms with van der Waals surface area (Å²) in [6, 6.07) is 15.4. The van der Waals surface area contributed by atoms with Crippen LogP contribution in [0.15, 0.2) is 55.1 Å². The van der Waals surface area contributed by atoms with Crippen molar-refractivity contribution in [1.29, 1.82) is 0 Å². The van der Waals surface area contributed by atoms with Gasteiger partial charge in [0.1, 0.15) is 11.9 Å². The predicted molar refractivity (Wildman–Crippen MR) is 164 cm³/mol. The van der Waals surface area contributed by atoms with Crippen LogP contribution in [0.2, 0.25) is 0 Å². The Morgan fingerprint density at radius 2 is 1.88 bits per heavy atom. The van der Waals surface area contributed by atoms with E-state index in [0.29, 0.717) is 25.7 Å². The van der Waals surface area contributed by atoms with E-state index in [2.05, 4.69) is 87.6 Å². The molecule has 0 spiro atoms. The van der Waals surface area contributed by atoms with Gasteiger partial charge in [-0.05, 0) is 44.5 Å². The molecule has 0 unspecified atom stereocenters. The van der Waals surface area contributed by atoms with Crippen LogP contribution in [0.25, 0.3) is 15.6 Å². The number of carbonyl (C=O) groups excluding carboxylic acids is 1. The molecule has 9 nitrogen and oxygen atoms in total. The van der Waals surface area contributed by atoms with E-state index < -0.39 is 0 Å². The van der Waals surface area contributed by atoms with Gasteiger partial charge in [0, 0.05) is 61.9 Å². The van der Waals surface area contributed by atoms with E-state index >= 15 is 0 Å². The standard InChI is InChI=1S/C32H38N8O/c1-5-30(41)40-18-17-38(21-25(40)19-33-2)31-27-14-16-37(29-12-8-10-23-9-6-7-11-26(23)29)22-28(27)34-32(35-31)39-15-13-24(20-39)36(3)4/h5-12,24-25H,1,13-22H2,3-4H3/t24-,25-/m0/s1. The first-order valence-corrected chi connectivity index (χ1v) is 14.5. The van der Waals surface area contributed by atoms with Crippen LogP contribution in [0.5, 0.6) is 0 Å². The third-order valence-corrected chi connectivity index (χ3v) is 8.86. The molecular weight excluding hydrogens is 512 g/mol. The van der Waals surface area contributed by atoms with Gasteiger partial charge >= 0.3 is 0 Å². The second kappa shape index (κ2) is 11.4. The van der Waals surface area contributed by atoms with Crippen molar-refractivity contribution < 1.29 is 4.79 Å². The highest BCUT2D eigenvalue weighted by Crippen LogP contribution is 2.35. The molecule has 3 aliphatic heterocycles. The number of piperazine rings is 1. The minimum atomic E-state index is -0.193. The van der Waals surface area contributed by atoms with E-state index in [1.165, 1.54) is 28.1 Å². The number of hydrogen-bond acceptors (Lipinski definition) is 7. The van der Waals surface area contributed by atoms with E-state index in [4.69, 9.17) is 16.5 Å². The van der Waals surface area contributed by atoms with Gasteiger partial charge in [-0.15, -0.1) is 0 Å². The lowest BCUT2D eigenvalue weighted by Gasteiger charge is -2.41. The van der Waals surface area contributed by atoms with Gasteiger partial charge in [0.25, 0.3) is 0 Å². The highest BCUT2D eigenvalue weighted by molar-refractivity contribution is 5.94. The molecule has 4 heterocycles. The Morgan fingerprint density at radius 3 is 2.66 bits per heavy atom. The van der Waals surface area contributed by atoms with Gasteiger partial charge in [-0.3, -0.25) is 4.79 Å². The van der Waals surface area contributed by atoms with Crippen LogP contribution in [0.3, 0.4) is 0 Å². The average Bonchev–Trinajstić information content (AvgIpc) is 3.51. The van der Waals surface area contributed by atoms with Crippen LogP contribution in [-0.2, 0) is 17.8 Å². The van der Waals surface area contributed by atoms with E-state index in [0.717, 1.165) is 56.5 Å². The van der Waals surface area contributed by atoms with Crippen molar-refractivity contribution in [3.63, 3.8) is 0 Å². The van der Waals surface area contributed by atoms with Crippen LogP contribution >= 0.6 is 0 Å². The van der Waals surface area contributed by atoms with Gasteiger partial charge in [0.2, 0.25) is 18.4 Å². The highest BCUT2D eigenvalue weighted by atomic mass is 16.2.